The third-order valence-corrected chi connectivity index (χ3v) is 1.89. The molecular formula is C9H14N4. The Hall–Kier alpha value is -1.45. The lowest BCUT2D eigenvalue weighted by Gasteiger charge is -2.20. The molecule has 13 heavy (non-hydrogen) atoms. The molecule has 0 unspecified atom stereocenters. The minimum absolute atomic E-state index is 0.443. The first-order valence-electron chi connectivity index (χ1n) is 4.39. The van der Waals surface area contributed by atoms with Gasteiger partial charge in [-0.1, -0.05) is 0 Å². The first-order chi connectivity index (χ1) is 6.29. The fourth-order valence-electron chi connectivity index (χ4n) is 1.12. The van der Waals surface area contributed by atoms with Crippen molar-refractivity contribution < 1.29 is 0 Å². The summed E-state index contributed by atoms with van der Waals surface area (Å²) in [6.45, 7) is 5.70. The van der Waals surface area contributed by atoms with Crippen molar-refractivity contribution in [3.8, 4) is 0 Å². The molecule has 70 valence electrons. The zero-order valence-corrected chi connectivity index (χ0v) is 7.99. The predicted octanol–water partition coefficient (Wildman–Crippen LogP) is 1.14. The normalized spacial score (nSPS) is 9.69. The molecule has 0 radical (unpaired) electrons. The predicted molar refractivity (Wildman–Crippen MR) is 51.8 cm³/mol. The largest absolute Gasteiger partial charge is 0.356 e. The SMILES string of the molecule is CCN(CC)C(=N)c1cnccn1. The Labute approximate surface area is 78.1 Å². The van der Waals surface area contributed by atoms with E-state index in [2.05, 4.69) is 9.97 Å². The van der Waals surface area contributed by atoms with Gasteiger partial charge in [0, 0.05) is 25.5 Å². The van der Waals surface area contributed by atoms with Gasteiger partial charge in [0.05, 0.1) is 6.20 Å². The highest BCUT2D eigenvalue weighted by Crippen LogP contribution is 1.98. The summed E-state index contributed by atoms with van der Waals surface area (Å²) >= 11 is 0. The molecule has 1 aromatic heterocycles. The van der Waals surface area contributed by atoms with Gasteiger partial charge in [-0.3, -0.25) is 10.4 Å². The van der Waals surface area contributed by atoms with E-state index in [0.717, 1.165) is 13.1 Å². The zero-order valence-electron chi connectivity index (χ0n) is 7.99. The summed E-state index contributed by atoms with van der Waals surface area (Å²) in [5, 5.41) is 7.81. The molecule has 0 fully saturated rings. The van der Waals surface area contributed by atoms with Crippen LogP contribution >= 0.6 is 0 Å². The van der Waals surface area contributed by atoms with E-state index >= 15 is 0 Å². The van der Waals surface area contributed by atoms with Gasteiger partial charge in [0.2, 0.25) is 0 Å². The second kappa shape index (κ2) is 4.54. The minimum Gasteiger partial charge on any atom is -0.356 e. The number of hydrogen-bond donors (Lipinski definition) is 1. The smallest absolute Gasteiger partial charge is 0.148 e. The Morgan fingerprint density at radius 2 is 2.08 bits per heavy atom. The van der Waals surface area contributed by atoms with Crippen molar-refractivity contribution in [1.82, 2.24) is 14.9 Å². The van der Waals surface area contributed by atoms with Crippen molar-refractivity contribution >= 4 is 5.84 Å². The Balaban J connectivity index is 2.78. The van der Waals surface area contributed by atoms with Crippen molar-refractivity contribution in [3.05, 3.63) is 24.3 Å². The summed E-state index contributed by atoms with van der Waals surface area (Å²) in [4.78, 5) is 9.93. The first-order valence-corrected chi connectivity index (χ1v) is 4.39. The van der Waals surface area contributed by atoms with E-state index in [1.807, 2.05) is 18.7 Å². The molecule has 0 aliphatic heterocycles. The molecule has 0 saturated carbocycles. The van der Waals surface area contributed by atoms with Crippen molar-refractivity contribution in [1.29, 1.82) is 5.41 Å². The fourth-order valence-corrected chi connectivity index (χ4v) is 1.12. The average Bonchev–Trinajstić information content (AvgIpc) is 2.21. The van der Waals surface area contributed by atoms with E-state index in [0.29, 0.717) is 11.5 Å². The number of nitrogens with one attached hydrogen (secondary N) is 1. The van der Waals surface area contributed by atoms with Gasteiger partial charge in [0.25, 0.3) is 0 Å². The summed E-state index contributed by atoms with van der Waals surface area (Å²) in [5.74, 6) is 0.443. The first kappa shape index (κ1) is 9.64. The van der Waals surface area contributed by atoms with Gasteiger partial charge in [0.15, 0.2) is 0 Å². The quantitative estimate of drug-likeness (QED) is 0.558. The monoisotopic (exact) mass is 178 g/mol. The van der Waals surface area contributed by atoms with Crippen LogP contribution in [0.5, 0.6) is 0 Å². The molecule has 1 N–H and O–H groups in total. The minimum atomic E-state index is 0.443. The number of hydrogen-bond acceptors (Lipinski definition) is 3. The van der Waals surface area contributed by atoms with E-state index in [1.54, 1.807) is 18.6 Å². The van der Waals surface area contributed by atoms with Gasteiger partial charge in [-0.05, 0) is 13.8 Å². The molecular weight excluding hydrogens is 164 g/mol. The van der Waals surface area contributed by atoms with Gasteiger partial charge in [0.1, 0.15) is 11.5 Å². The molecule has 4 heteroatoms. The van der Waals surface area contributed by atoms with Crippen LogP contribution in [0.15, 0.2) is 18.6 Å². The summed E-state index contributed by atoms with van der Waals surface area (Å²) in [5.41, 5.74) is 0.631. The summed E-state index contributed by atoms with van der Waals surface area (Å²) < 4.78 is 0. The second-order valence-corrected chi connectivity index (χ2v) is 2.61. The Kier molecular flexibility index (Phi) is 3.37. The molecule has 0 bridgehead atoms. The highest BCUT2D eigenvalue weighted by Gasteiger charge is 2.08. The maximum atomic E-state index is 7.81. The average molecular weight is 178 g/mol. The molecule has 4 nitrogen and oxygen atoms in total. The molecule has 1 rings (SSSR count). The zero-order chi connectivity index (χ0) is 9.68. The summed E-state index contributed by atoms with van der Waals surface area (Å²) in [7, 11) is 0. The van der Waals surface area contributed by atoms with E-state index in [9.17, 15) is 0 Å². The van der Waals surface area contributed by atoms with Gasteiger partial charge >= 0.3 is 0 Å². The molecule has 0 atom stereocenters. The maximum absolute atomic E-state index is 7.81. The highest BCUT2D eigenvalue weighted by atomic mass is 15.2. The fraction of sp³-hybridized carbons (Fsp3) is 0.444. The third-order valence-electron chi connectivity index (χ3n) is 1.89. The van der Waals surface area contributed by atoms with E-state index < -0.39 is 0 Å². The summed E-state index contributed by atoms with van der Waals surface area (Å²) in [6, 6.07) is 0. The van der Waals surface area contributed by atoms with Crippen LogP contribution < -0.4 is 0 Å². The van der Waals surface area contributed by atoms with Crippen LogP contribution in [0.3, 0.4) is 0 Å². The number of rotatable bonds is 3. The molecule has 0 aromatic carbocycles. The van der Waals surface area contributed by atoms with Gasteiger partial charge in [-0.2, -0.15) is 0 Å². The molecule has 1 aromatic rings. The lowest BCUT2D eigenvalue weighted by Crippen LogP contribution is -2.31. The van der Waals surface area contributed by atoms with Crippen LogP contribution in [0.25, 0.3) is 0 Å². The molecule has 0 aliphatic rings. The number of aromatic nitrogens is 2. The van der Waals surface area contributed by atoms with Crippen LogP contribution in [0, 0.1) is 5.41 Å². The molecule has 0 spiro atoms. The topological polar surface area (TPSA) is 52.9 Å². The Morgan fingerprint density at radius 1 is 1.38 bits per heavy atom. The van der Waals surface area contributed by atoms with E-state index in [1.165, 1.54) is 0 Å². The van der Waals surface area contributed by atoms with Crippen LogP contribution in [0.1, 0.15) is 19.5 Å². The van der Waals surface area contributed by atoms with Crippen LogP contribution in [0.4, 0.5) is 0 Å². The van der Waals surface area contributed by atoms with Crippen molar-refractivity contribution in [3.63, 3.8) is 0 Å². The molecule has 1 heterocycles. The van der Waals surface area contributed by atoms with Crippen LogP contribution in [-0.4, -0.2) is 33.8 Å². The van der Waals surface area contributed by atoms with Crippen molar-refractivity contribution in [2.45, 2.75) is 13.8 Å². The highest BCUT2D eigenvalue weighted by molar-refractivity contribution is 5.94. The van der Waals surface area contributed by atoms with Gasteiger partial charge in [-0.25, -0.2) is 4.98 Å². The van der Waals surface area contributed by atoms with Gasteiger partial charge in [-0.15, -0.1) is 0 Å². The lowest BCUT2D eigenvalue weighted by molar-refractivity contribution is 0.462. The number of nitrogens with zero attached hydrogens (tertiary/aromatic N) is 3. The maximum Gasteiger partial charge on any atom is 0.148 e. The summed E-state index contributed by atoms with van der Waals surface area (Å²) in [6.07, 6.45) is 4.83. The second-order valence-electron chi connectivity index (χ2n) is 2.61. The van der Waals surface area contributed by atoms with Crippen molar-refractivity contribution in [2.24, 2.45) is 0 Å². The van der Waals surface area contributed by atoms with Gasteiger partial charge < -0.3 is 4.90 Å². The van der Waals surface area contributed by atoms with Crippen LogP contribution in [-0.2, 0) is 0 Å². The Bertz CT molecular complexity index is 266. The molecule has 0 amide bonds. The van der Waals surface area contributed by atoms with E-state index in [-0.39, 0.29) is 0 Å². The van der Waals surface area contributed by atoms with Crippen molar-refractivity contribution in [2.75, 3.05) is 13.1 Å². The Morgan fingerprint density at radius 3 is 2.54 bits per heavy atom. The lowest BCUT2D eigenvalue weighted by atomic mass is 10.3. The molecule has 0 saturated heterocycles. The third kappa shape index (κ3) is 2.24. The van der Waals surface area contributed by atoms with Crippen LogP contribution in [0.2, 0.25) is 0 Å². The van der Waals surface area contributed by atoms with E-state index in [4.69, 9.17) is 5.41 Å². The molecule has 0 aliphatic carbocycles. The standard InChI is InChI=1S/C9H14N4/c1-3-13(4-2)9(10)8-7-11-5-6-12-8/h5-7,10H,3-4H2,1-2H3. The number of amidine groups is 1.